The molecular weight excluding hydrogens is 633 g/mol. The fourth-order valence-electron chi connectivity index (χ4n) is 5.20. The SMILES string of the molecule is CC.CCCC1(O)C(=O)Nc2cc(OCCCC(O)(O)N3CCN(c4cccc(C)c4Cl)CC3)c(Br)cc2C1(O)P. The van der Waals surface area contributed by atoms with Crippen molar-refractivity contribution in [3.63, 3.8) is 0 Å². The number of benzene rings is 2. The number of aryl methyl sites for hydroxylation is 1. The zero-order valence-electron chi connectivity index (χ0n) is 24.1. The van der Waals surface area contributed by atoms with E-state index in [0.717, 1.165) is 11.3 Å². The number of fused-ring (bicyclic) bond motifs is 1. The summed E-state index contributed by atoms with van der Waals surface area (Å²) in [7, 11) is 2.21. The van der Waals surface area contributed by atoms with Crippen LogP contribution in [0.5, 0.6) is 5.75 Å². The van der Waals surface area contributed by atoms with E-state index in [1.807, 2.05) is 45.9 Å². The van der Waals surface area contributed by atoms with E-state index in [1.165, 1.54) is 0 Å². The molecule has 5 N–H and O–H groups in total. The molecule has 12 heteroatoms. The van der Waals surface area contributed by atoms with Gasteiger partial charge in [-0.2, -0.15) is 0 Å². The van der Waals surface area contributed by atoms with Crippen LogP contribution in [0, 0.1) is 6.92 Å². The van der Waals surface area contributed by atoms with Gasteiger partial charge in [0.25, 0.3) is 5.91 Å². The molecule has 2 aromatic carbocycles. The van der Waals surface area contributed by atoms with Crippen molar-refractivity contribution in [1.82, 2.24) is 4.90 Å². The number of nitrogens with one attached hydrogen (secondary N) is 1. The topological polar surface area (TPSA) is 126 Å². The lowest BCUT2D eigenvalue weighted by Crippen LogP contribution is -2.59. The lowest BCUT2D eigenvalue weighted by Gasteiger charge is -2.44. The number of carbonyl (C=O) groups is 1. The minimum absolute atomic E-state index is 0.0763. The normalized spacial score (nSPS) is 22.9. The van der Waals surface area contributed by atoms with Crippen LogP contribution in [0.15, 0.2) is 34.8 Å². The van der Waals surface area contributed by atoms with Crippen LogP contribution in [-0.2, 0) is 10.1 Å². The first-order valence-electron chi connectivity index (χ1n) is 14.0. The Morgan fingerprint density at radius 2 is 1.83 bits per heavy atom. The molecule has 41 heavy (non-hydrogen) atoms. The third kappa shape index (κ3) is 7.02. The van der Waals surface area contributed by atoms with Gasteiger partial charge in [0.15, 0.2) is 5.60 Å². The fourth-order valence-corrected chi connectivity index (χ4v) is 6.42. The molecule has 0 saturated carbocycles. The van der Waals surface area contributed by atoms with Crippen LogP contribution >= 0.6 is 36.8 Å². The van der Waals surface area contributed by atoms with E-state index in [1.54, 1.807) is 17.0 Å². The lowest BCUT2D eigenvalue weighted by atomic mass is 9.81. The highest BCUT2D eigenvalue weighted by molar-refractivity contribution is 9.10. The van der Waals surface area contributed by atoms with E-state index in [4.69, 9.17) is 16.3 Å². The Kier molecular flexibility index (Phi) is 11.5. The summed E-state index contributed by atoms with van der Waals surface area (Å²) in [6.45, 7) is 10.1. The number of halogens is 2. The van der Waals surface area contributed by atoms with Crippen molar-refractivity contribution in [3.8, 4) is 5.75 Å². The molecule has 0 spiro atoms. The van der Waals surface area contributed by atoms with Gasteiger partial charge in [0.2, 0.25) is 5.91 Å². The monoisotopic (exact) mass is 673 g/mol. The van der Waals surface area contributed by atoms with E-state index in [9.17, 15) is 25.2 Å². The molecule has 3 unspecified atom stereocenters. The second-order valence-electron chi connectivity index (χ2n) is 10.3. The summed E-state index contributed by atoms with van der Waals surface area (Å²) in [4.78, 5) is 16.5. The summed E-state index contributed by atoms with van der Waals surface area (Å²) in [5.74, 6) is -2.24. The third-order valence-corrected chi connectivity index (χ3v) is 9.46. The molecular formula is C29H42BrClN3O6P. The number of nitrogens with zero attached hydrogens (tertiary/aromatic N) is 2. The molecule has 4 rings (SSSR count). The first-order chi connectivity index (χ1) is 19.3. The Morgan fingerprint density at radius 1 is 1.17 bits per heavy atom. The maximum absolute atomic E-state index is 12.7. The number of aliphatic hydroxyl groups is 4. The van der Waals surface area contributed by atoms with Crippen molar-refractivity contribution in [2.45, 2.75) is 70.2 Å². The number of anilines is 2. The second kappa shape index (κ2) is 13.9. The van der Waals surface area contributed by atoms with Crippen molar-refractivity contribution in [1.29, 1.82) is 0 Å². The lowest BCUT2D eigenvalue weighted by molar-refractivity contribution is -0.269. The molecule has 0 bridgehead atoms. The van der Waals surface area contributed by atoms with Crippen LogP contribution in [-0.4, -0.2) is 75.5 Å². The molecule has 1 amide bonds. The number of carbonyl (C=O) groups excluding carboxylic acids is 1. The summed E-state index contributed by atoms with van der Waals surface area (Å²) in [6, 6.07) is 9.10. The van der Waals surface area contributed by atoms with Crippen LogP contribution < -0.4 is 15.0 Å². The average molecular weight is 675 g/mol. The van der Waals surface area contributed by atoms with Gasteiger partial charge in [-0.1, -0.05) is 60.2 Å². The zero-order valence-corrected chi connectivity index (χ0v) is 27.6. The molecule has 2 heterocycles. The van der Waals surface area contributed by atoms with E-state index >= 15 is 0 Å². The van der Waals surface area contributed by atoms with Crippen LogP contribution in [0.25, 0.3) is 0 Å². The smallest absolute Gasteiger partial charge is 0.260 e. The van der Waals surface area contributed by atoms with Crippen molar-refractivity contribution in [2.75, 3.05) is 43.0 Å². The molecule has 2 aliphatic heterocycles. The van der Waals surface area contributed by atoms with Gasteiger partial charge >= 0.3 is 0 Å². The highest BCUT2D eigenvalue weighted by Gasteiger charge is 2.56. The average Bonchev–Trinajstić information content (AvgIpc) is 2.94. The fraction of sp³-hybridized carbons (Fsp3) is 0.552. The predicted octanol–water partition coefficient (Wildman–Crippen LogP) is 4.56. The second-order valence-corrected chi connectivity index (χ2v) is 12.3. The summed E-state index contributed by atoms with van der Waals surface area (Å²) in [5.41, 5.74) is 0.656. The number of rotatable bonds is 9. The Balaban J connectivity index is 0.00000226. The minimum atomic E-state index is -1.98. The van der Waals surface area contributed by atoms with Crippen LogP contribution in [0.1, 0.15) is 57.6 Å². The largest absolute Gasteiger partial charge is 0.492 e. The summed E-state index contributed by atoms with van der Waals surface area (Å²) in [5, 5.41) is 45.1. The Hall–Kier alpha value is -1.49. The van der Waals surface area contributed by atoms with Crippen molar-refractivity contribution in [3.05, 3.63) is 51.0 Å². The number of hydrogen-bond acceptors (Lipinski definition) is 8. The van der Waals surface area contributed by atoms with E-state index < -0.39 is 22.8 Å². The molecule has 2 aliphatic rings. The summed E-state index contributed by atoms with van der Waals surface area (Å²) in [6.07, 6.45) is 1.03. The maximum atomic E-state index is 12.7. The molecule has 0 aliphatic carbocycles. The van der Waals surface area contributed by atoms with Gasteiger partial charge < -0.3 is 35.4 Å². The molecule has 228 valence electrons. The van der Waals surface area contributed by atoms with Crippen LogP contribution in [0.2, 0.25) is 5.02 Å². The van der Waals surface area contributed by atoms with Crippen molar-refractivity contribution >= 4 is 54.1 Å². The number of piperazine rings is 1. The molecule has 2 aromatic rings. The number of amides is 1. The Morgan fingerprint density at radius 3 is 2.46 bits per heavy atom. The van der Waals surface area contributed by atoms with E-state index in [0.29, 0.717) is 65.5 Å². The van der Waals surface area contributed by atoms with Crippen LogP contribution in [0.3, 0.4) is 0 Å². The van der Waals surface area contributed by atoms with Gasteiger partial charge in [0.05, 0.1) is 27.5 Å². The summed E-state index contributed by atoms with van der Waals surface area (Å²) >= 11 is 9.91. The van der Waals surface area contributed by atoms with Crippen molar-refractivity contribution in [2.24, 2.45) is 0 Å². The molecule has 9 nitrogen and oxygen atoms in total. The van der Waals surface area contributed by atoms with Crippen LogP contribution in [0.4, 0.5) is 11.4 Å². The van der Waals surface area contributed by atoms with Gasteiger partial charge in [0, 0.05) is 44.2 Å². The Labute approximate surface area is 258 Å². The maximum Gasteiger partial charge on any atom is 0.260 e. The molecule has 0 radical (unpaired) electrons. The quantitative estimate of drug-likeness (QED) is 0.149. The van der Waals surface area contributed by atoms with Gasteiger partial charge in [-0.05, 0) is 53.4 Å². The van der Waals surface area contributed by atoms with E-state index in [-0.39, 0.29) is 19.4 Å². The highest BCUT2D eigenvalue weighted by atomic mass is 79.9. The van der Waals surface area contributed by atoms with Crippen molar-refractivity contribution < 1.29 is 30.0 Å². The Bertz CT molecular complexity index is 1230. The molecule has 1 fully saturated rings. The zero-order chi connectivity index (χ0) is 30.6. The van der Waals surface area contributed by atoms with Gasteiger partial charge in [-0.15, -0.1) is 0 Å². The van der Waals surface area contributed by atoms with Gasteiger partial charge in [0.1, 0.15) is 11.1 Å². The standard InChI is InChI=1S/C27H36BrClN3O6P.C2H6/c1-3-8-25(34)24(33)30-20-16-22(19(28)15-18(20)27(25,37)39)38-14-5-9-26(35,36)32-12-10-31(11-13-32)21-7-4-6-17(2)23(21)29;1-2/h4,6-7,15-16,34-37H,3,5,8-14,39H2,1-2H3,(H,30,33);1-2H3. The number of hydrogen-bond donors (Lipinski definition) is 5. The molecule has 0 aromatic heterocycles. The molecule has 1 saturated heterocycles. The van der Waals surface area contributed by atoms with Gasteiger partial charge in [-0.25, -0.2) is 4.90 Å². The minimum Gasteiger partial charge on any atom is -0.492 e. The first kappa shape index (κ1) is 34.0. The number of ether oxygens (including phenoxy) is 1. The highest BCUT2D eigenvalue weighted by Crippen LogP contribution is 2.50. The third-order valence-electron chi connectivity index (χ3n) is 7.56. The summed E-state index contributed by atoms with van der Waals surface area (Å²) < 4.78 is 6.40. The predicted molar refractivity (Wildman–Crippen MR) is 169 cm³/mol. The van der Waals surface area contributed by atoms with Gasteiger partial charge in [-0.3, -0.25) is 4.79 Å². The first-order valence-corrected chi connectivity index (χ1v) is 15.8. The van der Waals surface area contributed by atoms with E-state index in [2.05, 4.69) is 35.4 Å². The molecule has 3 atom stereocenters.